The van der Waals surface area contributed by atoms with E-state index in [1.54, 1.807) is 26.0 Å². The molecule has 4 rings (SSSR count). The van der Waals surface area contributed by atoms with Crippen molar-refractivity contribution in [3.63, 3.8) is 0 Å². The number of aryl methyl sites for hydroxylation is 2. The second-order valence-electron chi connectivity index (χ2n) is 7.90. The Balaban J connectivity index is 1.63. The highest BCUT2D eigenvalue weighted by Crippen LogP contribution is 2.33. The second kappa shape index (κ2) is 8.12. The number of carboxylic acids is 1. The summed E-state index contributed by atoms with van der Waals surface area (Å²) in [4.78, 5) is 23.9. The van der Waals surface area contributed by atoms with Gasteiger partial charge in [0, 0.05) is 11.6 Å². The summed E-state index contributed by atoms with van der Waals surface area (Å²) in [6, 6.07) is 6.47. The van der Waals surface area contributed by atoms with E-state index in [4.69, 9.17) is 13.9 Å². The van der Waals surface area contributed by atoms with Crippen LogP contribution < -0.4 is 9.47 Å². The number of halogens is 2. The number of hydrogen-bond donors (Lipinski definition) is 1. The first kappa shape index (κ1) is 22.1. The van der Waals surface area contributed by atoms with Gasteiger partial charge < -0.3 is 19.0 Å². The fourth-order valence-corrected chi connectivity index (χ4v) is 3.07. The molecule has 0 saturated carbocycles. The van der Waals surface area contributed by atoms with E-state index in [1.807, 2.05) is 0 Å². The van der Waals surface area contributed by atoms with Crippen LogP contribution in [-0.2, 0) is 4.79 Å². The molecule has 0 spiro atoms. The quantitative estimate of drug-likeness (QED) is 0.422. The first-order chi connectivity index (χ1) is 15.5. The van der Waals surface area contributed by atoms with Gasteiger partial charge in [-0.25, -0.2) is 23.5 Å². The van der Waals surface area contributed by atoms with Crippen molar-refractivity contribution in [2.24, 2.45) is 0 Å². The Morgan fingerprint density at radius 2 is 1.76 bits per heavy atom. The van der Waals surface area contributed by atoms with Crippen LogP contribution >= 0.6 is 0 Å². The van der Waals surface area contributed by atoms with Crippen molar-refractivity contribution in [3.05, 3.63) is 59.3 Å². The molecule has 0 fully saturated rings. The average molecular weight is 455 g/mol. The highest BCUT2D eigenvalue weighted by atomic mass is 19.2. The van der Waals surface area contributed by atoms with Gasteiger partial charge in [-0.1, -0.05) is 0 Å². The summed E-state index contributed by atoms with van der Waals surface area (Å²) in [6.45, 7) is 6.53. The highest BCUT2D eigenvalue weighted by molar-refractivity contribution is 5.77. The van der Waals surface area contributed by atoms with Crippen molar-refractivity contribution in [2.45, 2.75) is 33.3 Å². The largest absolute Gasteiger partial charge is 0.478 e. The van der Waals surface area contributed by atoms with E-state index in [-0.39, 0.29) is 23.4 Å². The van der Waals surface area contributed by atoms with Crippen LogP contribution in [0.25, 0.3) is 22.7 Å². The topological polar surface area (TPSA) is 108 Å². The second-order valence-corrected chi connectivity index (χ2v) is 7.90. The molecule has 0 amide bonds. The number of aromatic nitrogens is 3. The molecule has 2 aromatic heterocycles. The summed E-state index contributed by atoms with van der Waals surface area (Å²) in [6.07, 6.45) is 1.39. The Morgan fingerprint density at radius 3 is 2.39 bits per heavy atom. The summed E-state index contributed by atoms with van der Waals surface area (Å²) in [5, 5.41) is 9.33. The number of aliphatic carboxylic acids is 1. The molecule has 0 aliphatic rings. The molecule has 1 N–H and O–H groups in total. The third kappa shape index (κ3) is 4.45. The highest BCUT2D eigenvalue weighted by Gasteiger charge is 2.30. The Hall–Kier alpha value is -4.08. The molecular formula is C23H19F2N3O5. The van der Waals surface area contributed by atoms with E-state index in [0.717, 1.165) is 12.1 Å². The molecule has 33 heavy (non-hydrogen) atoms. The number of oxazole rings is 1. The predicted octanol–water partition coefficient (Wildman–Crippen LogP) is 5.21. The van der Waals surface area contributed by atoms with E-state index < -0.39 is 23.2 Å². The van der Waals surface area contributed by atoms with E-state index >= 15 is 0 Å². The SMILES string of the molecule is Cc1cc(-c2nc3cnc(Oc4ccc(F)c(F)c4)nc3o2)cc(C)c1OC(C)(C)C(=O)O. The number of rotatable bonds is 6. The van der Waals surface area contributed by atoms with Gasteiger partial charge in [0.05, 0.1) is 6.20 Å². The summed E-state index contributed by atoms with van der Waals surface area (Å²) in [7, 11) is 0. The molecular weight excluding hydrogens is 436 g/mol. The van der Waals surface area contributed by atoms with Gasteiger partial charge in [0.1, 0.15) is 17.0 Å². The number of fused-ring (bicyclic) bond motifs is 1. The summed E-state index contributed by atoms with van der Waals surface area (Å²) >= 11 is 0. The standard InChI is InChI=1S/C23H19F2N3O5/c1-11-7-13(8-12(2)18(11)33-23(3,4)21(29)30)19-27-17-10-26-22(28-20(17)32-19)31-14-5-6-15(24)16(25)9-14/h5-10H,1-4H3,(H,29,30). The van der Waals surface area contributed by atoms with Gasteiger partial charge in [-0.05, 0) is 63.1 Å². The lowest BCUT2D eigenvalue weighted by Crippen LogP contribution is -2.38. The zero-order valence-electron chi connectivity index (χ0n) is 18.1. The molecule has 10 heteroatoms. The number of hydrogen-bond acceptors (Lipinski definition) is 7. The molecule has 0 aliphatic carbocycles. The lowest BCUT2D eigenvalue weighted by molar-refractivity contribution is -0.152. The van der Waals surface area contributed by atoms with Gasteiger partial charge in [-0.3, -0.25) is 0 Å². The van der Waals surface area contributed by atoms with Crippen molar-refractivity contribution in [1.82, 2.24) is 15.0 Å². The smallest absolute Gasteiger partial charge is 0.347 e. The molecule has 0 aliphatic heterocycles. The predicted molar refractivity (Wildman–Crippen MR) is 113 cm³/mol. The first-order valence-corrected chi connectivity index (χ1v) is 9.84. The summed E-state index contributed by atoms with van der Waals surface area (Å²) in [5.41, 5.74) is 1.15. The molecule has 4 aromatic rings. The van der Waals surface area contributed by atoms with E-state index in [2.05, 4.69) is 15.0 Å². The van der Waals surface area contributed by atoms with Gasteiger partial charge in [0.25, 0.3) is 5.71 Å². The minimum Gasteiger partial charge on any atom is -0.478 e. The third-order valence-corrected chi connectivity index (χ3v) is 4.81. The molecule has 0 unspecified atom stereocenters. The minimum absolute atomic E-state index is 0.0270. The minimum atomic E-state index is -1.39. The van der Waals surface area contributed by atoms with Crippen LogP contribution in [0.2, 0.25) is 0 Å². The van der Waals surface area contributed by atoms with Crippen LogP contribution in [0.15, 0.2) is 40.9 Å². The Bertz CT molecular complexity index is 1360. The van der Waals surface area contributed by atoms with Crippen LogP contribution in [0.5, 0.6) is 17.5 Å². The first-order valence-electron chi connectivity index (χ1n) is 9.84. The Morgan fingerprint density at radius 1 is 1.06 bits per heavy atom. The van der Waals surface area contributed by atoms with Gasteiger partial charge in [-0.15, -0.1) is 0 Å². The van der Waals surface area contributed by atoms with Gasteiger partial charge in [-0.2, -0.15) is 4.98 Å². The average Bonchev–Trinajstić information content (AvgIpc) is 3.16. The lowest BCUT2D eigenvalue weighted by Gasteiger charge is -2.24. The van der Waals surface area contributed by atoms with Crippen molar-refractivity contribution in [1.29, 1.82) is 0 Å². The van der Waals surface area contributed by atoms with Crippen LogP contribution in [0, 0.1) is 25.5 Å². The van der Waals surface area contributed by atoms with Gasteiger partial charge in [0.15, 0.2) is 17.2 Å². The van der Waals surface area contributed by atoms with Crippen molar-refractivity contribution >= 4 is 17.2 Å². The normalized spacial score (nSPS) is 11.6. The Kier molecular flexibility index (Phi) is 5.44. The fraction of sp³-hybridized carbons (Fsp3) is 0.217. The zero-order chi connectivity index (χ0) is 23.9. The number of carbonyl (C=O) groups is 1. The van der Waals surface area contributed by atoms with Gasteiger partial charge >= 0.3 is 12.0 Å². The maximum absolute atomic E-state index is 13.4. The number of benzene rings is 2. The van der Waals surface area contributed by atoms with Gasteiger partial charge in [0.2, 0.25) is 5.89 Å². The fourth-order valence-electron chi connectivity index (χ4n) is 3.07. The number of ether oxygens (including phenoxy) is 2. The molecule has 170 valence electrons. The molecule has 2 heterocycles. The molecule has 2 aromatic carbocycles. The van der Waals surface area contributed by atoms with Crippen LogP contribution in [-0.4, -0.2) is 31.6 Å². The van der Waals surface area contributed by atoms with E-state index in [1.165, 1.54) is 26.1 Å². The zero-order valence-corrected chi connectivity index (χ0v) is 18.1. The molecule has 0 saturated heterocycles. The lowest BCUT2D eigenvalue weighted by atomic mass is 10.0. The maximum atomic E-state index is 13.4. The number of carboxylic acid groups (broad SMARTS) is 1. The van der Waals surface area contributed by atoms with Crippen molar-refractivity contribution < 1.29 is 32.6 Å². The van der Waals surface area contributed by atoms with E-state index in [0.29, 0.717) is 28.0 Å². The van der Waals surface area contributed by atoms with E-state index in [9.17, 15) is 18.7 Å². The molecule has 8 nitrogen and oxygen atoms in total. The maximum Gasteiger partial charge on any atom is 0.347 e. The van der Waals surface area contributed by atoms with Crippen LogP contribution in [0.4, 0.5) is 8.78 Å². The summed E-state index contributed by atoms with van der Waals surface area (Å²) < 4.78 is 43.3. The summed E-state index contributed by atoms with van der Waals surface area (Å²) in [5.74, 6) is -2.38. The molecule has 0 atom stereocenters. The van der Waals surface area contributed by atoms with Crippen molar-refractivity contribution in [2.75, 3.05) is 0 Å². The number of nitrogens with zero attached hydrogens (tertiary/aromatic N) is 3. The monoisotopic (exact) mass is 455 g/mol. The van der Waals surface area contributed by atoms with Crippen LogP contribution in [0.1, 0.15) is 25.0 Å². The molecule has 0 radical (unpaired) electrons. The third-order valence-electron chi connectivity index (χ3n) is 4.81. The van der Waals surface area contributed by atoms with Crippen molar-refractivity contribution in [3.8, 4) is 29.0 Å². The van der Waals surface area contributed by atoms with Crippen LogP contribution in [0.3, 0.4) is 0 Å². The Labute approximate surface area is 186 Å². The molecule has 0 bridgehead atoms.